The quantitative estimate of drug-likeness (QED) is 0.602. The van der Waals surface area contributed by atoms with Crippen LogP contribution in [0.5, 0.6) is 0 Å². The van der Waals surface area contributed by atoms with Gasteiger partial charge in [-0.1, -0.05) is 13.3 Å². The van der Waals surface area contributed by atoms with Gasteiger partial charge >= 0.3 is 0 Å². The molecule has 3 nitrogen and oxygen atoms in total. The second-order valence-electron chi connectivity index (χ2n) is 5.87. The van der Waals surface area contributed by atoms with Crippen molar-refractivity contribution < 1.29 is 0 Å². The smallest absolute Gasteiger partial charge is 0.0440 e. The van der Waals surface area contributed by atoms with E-state index in [2.05, 4.69) is 51.5 Å². The minimum atomic E-state index is 0.124. The third-order valence-corrected chi connectivity index (χ3v) is 6.78. The Morgan fingerprint density at radius 1 is 1.45 bits per heavy atom. The zero-order valence-corrected chi connectivity index (χ0v) is 14.9. The summed E-state index contributed by atoms with van der Waals surface area (Å²) in [6.45, 7) is 7.05. The van der Waals surface area contributed by atoms with Gasteiger partial charge in [0.05, 0.1) is 0 Å². The average Bonchev–Trinajstić information content (AvgIpc) is 2.90. The first kappa shape index (κ1) is 16.4. The molecular formula is C15H26BrN3S. The molecule has 0 spiro atoms. The topological polar surface area (TPSA) is 41.3 Å². The zero-order chi connectivity index (χ0) is 14.6. The van der Waals surface area contributed by atoms with Gasteiger partial charge in [-0.25, -0.2) is 0 Å². The summed E-state index contributed by atoms with van der Waals surface area (Å²) in [4.78, 5) is 4.02. The lowest BCUT2D eigenvalue weighted by Gasteiger charge is -2.47. The lowest BCUT2D eigenvalue weighted by atomic mass is 9.84. The second kappa shape index (κ2) is 7.36. The Kier molecular flexibility index (Phi) is 6.05. The van der Waals surface area contributed by atoms with Gasteiger partial charge in [0.15, 0.2) is 0 Å². The van der Waals surface area contributed by atoms with Crippen molar-refractivity contribution in [2.24, 2.45) is 5.84 Å². The van der Waals surface area contributed by atoms with Gasteiger partial charge in [-0.05, 0) is 66.7 Å². The molecule has 0 amide bonds. The molecule has 1 fully saturated rings. The minimum absolute atomic E-state index is 0.124. The Bertz CT molecular complexity index is 417. The number of rotatable bonds is 6. The summed E-state index contributed by atoms with van der Waals surface area (Å²) in [6.07, 6.45) is 6.10. The van der Waals surface area contributed by atoms with Crippen LogP contribution in [0.1, 0.15) is 44.4 Å². The van der Waals surface area contributed by atoms with Crippen LogP contribution < -0.4 is 11.3 Å². The maximum Gasteiger partial charge on any atom is 0.0440 e. The normalized spacial score (nSPS) is 21.6. The molecule has 20 heavy (non-hydrogen) atoms. The van der Waals surface area contributed by atoms with Gasteiger partial charge < -0.3 is 0 Å². The molecule has 1 aromatic heterocycles. The second-order valence-corrected chi connectivity index (χ2v) is 7.73. The van der Waals surface area contributed by atoms with Crippen molar-refractivity contribution in [3.8, 4) is 0 Å². The van der Waals surface area contributed by atoms with Crippen LogP contribution >= 0.6 is 27.3 Å². The lowest BCUT2D eigenvalue weighted by Crippen LogP contribution is -2.62. The summed E-state index contributed by atoms with van der Waals surface area (Å²) in [5, 5.41) is 2.14. The fourth-order valence-electron chi connectivity index (χ4n) is 3.21. The molecule has 1 aromatic rings. The number of hydrazine groups is 1. The van der Waals surface area contributed by atoms with Crippen LogP contribution in [0.2, 0.25) is 0 Å². The number of hydrogen-bond donors (Lipinski definition) is 2. The van der Waals surface area contributed by atoms with Crippen molar-refractivity contribution in [3.05, 3.63) is 20.8 Å². The number of likely N-dealkylation sites (tertiary alicyclic amines) is 1. The summed E-state index contributed by atoms with van der Waals surface area (Å²) >= 11 is 5.44. The van der Waals surface area contributed by atoms with E-state index in [1.54, 1.807) is 11.3 Å². The Balaban J connectivity index is 2.15. The summed E-state index contributed by atoms with van der Waals surface area (Å²) in [5.41, 5.74) is 3.22. The first-order valence-corrected chi connectivity index (χ1v) is 9.22. The van der Waals surface area contributed by atoms with Crippen LogP contribution in [0, 0.1) is 0 Å². The zero-order valence-electron chi connectivity index (χ0n) is 12.5. The van der Waals surface area contributed by atoms with Gasteiger partial charge in [0.25, 0.3) is 0 Å². The largest absolute Gasteiger partial charge is 0.296 e. The van der Waals surface area contributed by atoms with Crippen molar-refractivity contribution in [1.82, 2.24) is 10.3 Å². The van der Waals surface area contributed by atoms with E-state index in [0.717, 1.165) is 12.8 Å². The maximum atomic E-state index is 5.92. The standard InChI is InChI=1S/C15H26BrN3S/c1-3-15(2,19-8-5-4-6-9-19)14(18-17)11-13-12(16)7-10-20-13/h7,10,14,18H,3-6,8-9,11,17H2,1-2H3. The van der Waals surface area contributed by atoms with E-state index in [9.17, 15) is 0 Å². The van der Waals surface area contributed by atoms with Crippen LogP contribution in [0.15, 0.2) is 15.9 Å². The molecule has 0 aliphatic carbocycles. The van der Waals surface area contributed by atoms with Gasteiger partial charge in [-0.3, -0.25) is 16.2 Å². The van der Waals surface area contributed by atoms with Crippen LogP contribution in [-0.4, -0.2) is 29.6 Å². The monoisotopic (exact) mass is 359 g/mol. The molecule has 2 atom stereocenters. The predicted molar refractivity (Wildman–Crippen MR) is 91.0 cm³/mol. The Labute approximate surface area is 135 Å². The lowest BCUT2D eigenvalue weighted by molar-refractivity contribution is 0.0431. The van der Waals surface area contributed by atoms with Gasteiger partial charge in [0, 0.05) is 27.4 Å². The highest BCUT2D eigenvalue weighted by Crippen LogP contribution is 2.32. The van der Waals surface area contributed by atoms with Crippen LogP contribution in [0.3, 0.4) is 0 Å². The molecule has 0 saturated carbocycles. The van der Waals surface area contributed by atoms with Gasteiger partial charge in [-0.2, -0.15) is 0 Å². The van der Waals surface area contributed by atoms with E-state index in [0.29, 0.717) is 0 Å². The third kappa shape index (κ3) is 3.45. The molecule has 0 radical (unpaired) electrons. The average molecular weight is 360 g/mol. The molecule has 3 N–H and O–H groups in total. The number of hydrogen-bond acceptors (Lipinski definition) is 4. The minimum Gasteiger partial charge on any atom is -0.296 e. The molecule has 2 rings (SSSR count). The highest BCUT2D eigenvalue weighted by molar-refractivity contribution is 9.10. The molecule has 1 aliphatic heterocycles. The molecule has 0 aromatic carbocycles. The van der Waals surface area contributed by atoms with Gasteiger partial charge in [0.2, 0.25) is 0 Å². The fourth-order valence-corrected chi connectivity index (χ4v) is 4.77. The third-order valence-electron chi connectivity index (χ3n) is 4.83. The van der Waals surface area contributed by atoms with Crippen molar-refractivity contribution in [1.29, 1.82) is 0 Å². The maximum absolute atomic E-state index is 5.92. The predicted octanol–water partition coefficient (Wildman–Crippen LogP) is 3.54. The van der Waals surface area contributed by atoms with E-state index in [1.807, 2.05) is 0 Å². The number of nitrogens with one attached hydrogen (secondary N) is 1. The molecule has 1 saturated heterocycles. The van der Waals surface area contributed by atoms with E-state index in [1.165, 1.54) is 41.7 Å². The van der Waals surface area contributed by atoms with E-state index in [4.69, 9.17) is 5.84 Å². The van der Waals surface area contributed by atoms with Crippen LogP contribution in [0.25, 0.3) is 0 Å². The summed E-state index contributed by atoms with van der Waals surface area (Å²) in [5.74, 6) is 5.92. The summed E-state index contributed by atoms with van der Waals surface area (Å²) in [7, 11) is 0. The van der Waals surface area contributed by atoms with E-state index >= 15 is 0 Å². The van der Waals surface area contributed by atoms with Crippen molar-refractivity contribution in [3.63, 3.8) is 0 Å². The van der Waals surface area contributed by atoms with Crippen molar-refractivity contribution >= 4 is 27.3 Å². The Morgan fingerprint density at radius 3 is 2.65 bits per heavy atom. The number of piperidine rings is 1. The summed E-state index contributed by atoms with van der Waals surface area (Å²) in [6, 6.07) is 2.40. The van der Waals surface area contributed by atoms with Crippen molar-refractivity contribution in [2.75, 3.05) is 13.1 Å². The number of halogens is 1. The highest BCUT2D eigenvalue weighted by atomic mass is 79.9. The molecule has 1 aliphatic rings. The first-order chi connectivity index (χ1) is 9.61. The molecule has 114 valence electrons. The number of nitrogens with two attached hydrogens (primary N) is 1. The molecule has 5 heteroatoms. The SMILES string of the molecule is CCC(C)(C(Cc1sccc1Br)NN)N1CCCCC1. The van der Waals surface area contributed by atoms with Crippen LogP contribution in [-0.2, 0) is 6.42 Å². The Hall–Kier alpha value is 0.0600. The molecular weight excluding hydrogens is 334 g/mol. The molecule has 2 unspecified atom stereocenters. The fraction of sp³-hybridized carbons (Fsp3) is 0.733. The van der Waals surface area contributed by atoms with Crippen LogP contribution in [0.4, 0.5) is 0 Å². The molecule has 2 heterocycles. The highest BCUT2D eigenvalue weighted by Gasteiger charge is 2.38. The summed E-state index contributed by atoms with van der Waals surface area (Å²) < 4.78 is 1.21. The first-order valence-electron chi connectivity index (χ1n) is 7.55. The molecule has 0 bridgehead atoms. The Morgan fingerprint density at radius 2 is 2.15 bits per heavy atom. The van der Waals surface area contributed by atoms with E-state index in [-0.39, 0.29) is 11.6 Å². The van der Waals surface area contributed by atoms with Crippen molar-refractivity contribution in [2.45, 2.75) is 57.5 Å². The number of thiophene rings is 1. The number of nitrogens with zero attached hydrogens (tertiary/aromatic N) is 1. The van der Waals surface area contributed by atoms with E-state index < -0.39 is 0 Å². The van der Waals surface area contributed by atoms with Gasteiger partial charge in [0.1, 0.15) is 0 Å². The van der Waals surface area contributed by atoms with Gasteiger partial charge in [-0.15, -0.1) is 11.3 Å².